The summed E-state index contributed by atoms with van der Waals surface area (Å²) in [7, 11) is -3.61. The molecule has 1 aliphatic carbocycles. The van der Waals surface area contributed by atoms with E-state index in [1.807, 2.05) is 0 Å². The summed E-state index contributed by atoms with van der Waals surface area (Å²) in [4.78, 5) is 0.199. The molecule has 1 saturated heterocycles. The summed E-state index contributed by atoms with van der Waals surface area (Å²) >= 11 is 0. The van der Waals surface area contributed by atoms with Crippen molar-refractivity contribution < 1.29 is 27.4 Å². The molecule has 138 valence electrons. The Hall–Kier alpha value is -1.35. The molecule has 3 aliphatic rings. The van der Waals surface area contributed by atoms with Crippen molar-refractivity contribution in [3.63, 3.8) is 0 Å². The van der Waals surface area contributed by atoms with Crippen LogP contribution in [0.1, 0.15) is 32.1 Å². The van der Waals surface area contributed by atoms with Gasteiger partial charge in [-0.25, -0.2) is 13.1 Å². The van der Waals surface area contributed by atoms with E-state index in [4.69, 9.17) is 18.9 Å². The Morgan fingerprint density at radius 1 is 0.960 bits per heavy atom. The summed E-state index contributed by atoms with van der Waals surface area (Å²) in [5.74, 6) is 0.583. The summed E-state index contributed by atoms with van der Waals surface area (Å²) in [6, 6.07) is 4.64. The Morgan fingerprint density at radius 2 is 1.64 bits per heavy atom. The highest BCUT2D eigenvalue weighted by molar-refractivity contribution is 7.89. The third kappa shape index (κ3) is 3.62. The fourth-order valence-corrected chi connectivity index (χ4v) is 4.88. The molecule has 0 amide bonds. The highest BCUT2D eigenvalue weighted by atomic mass is 32.2. The quantitative estimate of drug-likeness (QED) is 0.875. The lowest BCUT2D eigenvalue weighted by Gasteiger charge is -2.35. The minimum absolute atomic E-state index is 0.112. The zero-order valence-corrected chi connectivity index (χ0v) is 14.8. The van der Waals surface area contributed by atoms with E-state index in [2.05, 4.69) is 4.72 Å². The molecule has 1 saturated carbocycles. The predicted molar refractivity (Wildman–Crippen MR) is 89.3 cm³/mol. The maximum Gasteiger partial charge on any atom is 0.240 e. The van der Waals surface area contributed by atoms with E-state index in [9.17, 15) is 8.42 Å². The number of hydrogen-bond acceptors (Lipinski definition) is 6. The number of nitrogens with one attached hydrogen (secondary N) is 1. The monoisotopic (exact) mass is 369 g/mol. The lowest BCUT2D eigenvalue weighted by Crippen LogP contribution is -2.43. The van der Waals surface area contributed by atoms with Crippen LogP contribution in [-0.4, -0.2) is 46.7 Å². The maximum atomic E-state index is 12.7. The summed E-state index contributed by atoms with van der Waals surface area (Å²) < 4.78 is 50.8. The second kappa shape index (κ2) is 6.75. The molecule has 1 spiro atoms. The maximum absolute atomic E-state index is 12.7. The van der Waals surface area contributed by atoms with Gasteiger partial charge in [0, 0.05) is 31.4 Å². The van der Waals surface area contributed by atoms with E-state index in [0.29, 0.717) is 63.6 Å². The number of sulfonamides is 1. The van der Waals surface area contributed by atoms with Gasteiger partial charge < -0.3 is 18.9 Å². The summed E-state index contributed by atoms with van der Waals surface area (Å²) in [5.41, 5.74) is 0. The van der Waals surface area contributed by atoms with Gasteiger partial charge in [-0.3, -0.25) is 0 Å². The first-order chi connectivity index (χ1) is 12.1. The largest absolute Gasteiger partial charge is 0.490 e. The fraction of sp³-hybridized carbons (Fsp3) is 0.647. The van der Waals surface area contributed by atoms with Crippen molar-refractivity contribution in [3.8, 4) is 11.5 Å². The molecule has 25 heavy (non-hydrogen) atoms. The van der Waals surface area contributed by atoms with Crippen LogP contribution in [0.2, 0.25) is 0 Å². The SMILES string of the molecule is O=S(=O)(NC1CCC2(CC1)OCCO2)c1ccc2c(c1)OCCCO2. The van der Waals surface area contributed by atoms with Gasteiger partial charge in [0.2, 0.25) is 10.0 Å². The minimum Gasteiger partial charge on any atom is -0.490 e. The van der Waals surface area contributed by atoms with Crippen molar-refractivity contribution in [1.82, 2.24) is 4.72 Å². The molecule has 0 unspecified atom stereocenters. The molecular formula is C17H23NO6S. The molecule has 4 rings (SSSR count). The Labute approximate surface area is 147 Å². The Bertz CT molecular complexity index is 719. The van der Waals surface area contributed by atoms with E-state index in [1.54, 1.807) is 12.1 Å². The molecular weight excluding hydrogens is 346 g/mol. The van der Waals surface area contributed by atoms with E-state index in [0.717, 1.165) is 6.42 Å². The molecule has 2 fully saturated rings. The molecule has 1 aromatic rings. The van der Waals surface area contributed by atoms with Gasteiger partial charge in [-0.05, 0) is 25.0 Å². The fourth-order valence-electron chi connectivity index (χ4n) is 3.56. The molecule has 0 atom stereocenters. The standard InChI is InChI=1S/C17H23NO6S/c19-25(20,14-2-3-15-16(12-14)22-9-1-8-21-15)18-13-4-6-17(7-5-13)23-10-11-24-17/h2-3,12-13,18H,1,4-11H2. The average Bonchev–Trinajstić information content (AvgIpc) is 2.92. The summed E-state index contributed by atoms with van der Waals surface area (Å²) in [6.07, 6.45) is 3.60. The van der Waals surface area contributed by atoms with Gasteiger partial charge in [0.1, 0.15) is 0 Å². The molecule has 2 heterocycles. The zero-order chi connectivity index (χ0) is 17.3. The van der Waals surface area contributed by atoms with Gasteiger partial charge in [0.15, 0.2) is 17.3 Å². The van der Waals surface area contributed by atoms with Crippen molar-refractivity contribution in [2.75, 3.05) is 26.4 Å². The highest BCUT2D eigenvalue weighted by Crippen LogP contribution is 2.36. The predicted octanol–water partition coefficient (Wildman–Crippen LogP) is 1.81. The van der Waals surface area contributed by atoms with E-state index in [-0.39, 0.29) is 10.9 Å². The first-order valence-electron chi connectivity index (χ1n) is 8.76. The van der Waals surface area contributed by atoms with E-state index >= 15 is 0 Å². The molecule has 0 aromatic heterocycles. The molecule has 1 aromatic carbocycles. The van der Waals surface area contributed by atoms with Crippen molar-refractivity contribution in [2.45, 2.75) is 48.8 Å². The van der Waals surface area contributed by atoms with Crippen molar-refractivity contribution in [1.29, 1.82) is 0 Å². The normalized spacial score (nSPS) is 23.5. The number of benzene rings is 1. The van der Waals surface area contributed by atoms with Crippen LogP contribution in [-0.2, 0) is 19.5 Å². The minimum atomic E-state index is -3.61. The molecule has 7 nitrogen and oxygen atoms in total. The Morgan fingerprint density at radius 3 is 2.36 bits per heavy atom. The molecule has 0 bridgehead atoms. The van der Waals surface area contributed by atoms with Crippen molar-refractivity contribution >= 4 is 10.0 Å². The van der Waals surface area contributed by atoms with Crippen LogP contribution in [0.5, 0.6) is 11.5 Å². The van der Waals surface area contributed by atoms with Crippen molar-refractivity contribution in [3.05, 3.63) is 18.2 Å². The Balaban J connectivity index is 1.44. The molecule has 0 radical (unpaired) electrons. The second-order valence-electron chi connectivity index (χ2n) is 6.66. The van der Waals surface area contributed by atoms with Gasteiger partial charge in [-0.2, -0.15) is 0 Å². The van der Waals surface area contributed by atoms with Crippen molar-refractivity contribution in [2.24, 2.45) is 0 Å². The summed E-state index contributed by atoms with van der Waals surface area (Å²) in [6.45, 7) is 2.33. The average molecular weight is 369 g/mol. The summed E-state index contributed by atoms with van der Waals surface area (Å²) in [5, 5.41) is 0. The number of ether oxygens (including phenoxy) is 4. The van der Waals surface area contributed by atoms with Crippen LogP contribution in [0.25, 0.3) is 0 Å². The van der Waals surface area contributed by atoms with E-state index < -0.39 is 15.8 Å². The lowest BCUT2D eigenvalue weighted by atomic mass is 9.91. The first-order valence-corrected chi connectivity index (χ1v) is 10.2. The second-order valence-corrected chi connectivity index (χ2v) is 8.38. The van der Waals surface area contributed by atoms with Crippen LogP contribution in [0.15, 0.2) is 23.1 Å². The van der Waals surface area contributed by atoms with Gasteiger partial charge in [-0.1, -0.05) is 0 Å². The van der Waals surface area contributed by atoms with Crippen LogP contribution in [0, 0.1) is 0 Å². The van der Waals surface area contributed by atoms with E-state index in [1.165, 1.54) is 6.07 Å². The van der Waals surface area contributed by atoms with Crippen LogP contribution < -0.4 is 14.2 Å². The number of fused-ring (bicyclic) bond motifs is 1. The van der Waals surface area contributed by atoms with Gasteiger partial charge in [-0.15, -0.1) is 0 Å². The van der Waals surface area contributed by atoms with Crippen LogP contribution >= 0.6 is 0 Å². The molecule has 1 N–H and O–H groups in total. The third-order valence-corrected chi connectivity index (χ3v) is 6.43. The van der Waals surface area contributed by atoms with Crippen LogP contribution in [0.4, 0.5) is 0 Å². The molecule has 8 heteroatoms. The van der Waals surface area contributed by atoms with Gasteiger partial charge >= 0.3 is 0 Å². The molecule has 2 aliphatic heterocycles. The smallest absolute Gasteiger partial charge is 0.240 e. The highest BCUT2D eigenvalue weighted by Gasteiger charge is 2.41. The zero-order valence-electron chi connectivity index (χ0n) is 14.0. The van der Waals surface area contributed by atoms with Gasteiger partial charge in [0.25, 0.3) is 0 Å². The third-order valence-electron chi connectivity index (χ3n) is 4.91. The lowest BCUT2D eigenvalue weighted by molar-refractivity contribution is -0.178. The topological polar surface area (TPSA) is 83.1 Å². The van der Waals surface area contributed by atoms with Gasteiger partial charge in [0.05, 0.1) is 31.3 Å². The first kappa shape index (κ1) is 17.1. The van der Waals surface area contributed by atoms with Crippen LogP contribution in [0.3, 0.4) is 0 Å². The number of rotatable bonds is 3. The number of hydrogen-bond donors (Lipinski definition) is 1. The Kier molecular flexibility index (Phi) is 4.61.